The van der Waals surface area contributed by atoms with Gasteiger partial charge in [-0.2, -0.15) is 0 Å². The summed E-state index contributed by atoms with van der Waals surface area (Å²) in [5.41, 5.74) is 7.77. The van der Waals surface area contributed by atoms with E-state index in [1.54, 1.807) is 12.4 Å². The molecule has 1 aromatic heterocycles. The van der Waals surface area contributed by atoms with Gasteiger partial charge >= 0.3 is 0 Å². The molecule has 1 aromatic rings. The Morgan fingerprint density at radius 2 is 2.25 bits per heavy atom. The minimum Gasteiger partial charge on any atom is -0.396 e. The molecule has 88 valence electrons. The number of anilines is 2. The average Bonchev–Trinajstić information content (AvgIpc) is 2.31. The van der Waals surface area contributed by atoms with Crippen molar-refractivity contribution in [2.45, 2.75) is 25.9 Å². The Bertz CT molecular complexity index is 335. The van der Waals surface area contributed by atoms with Gasteiger partial charge in [-0.25, -0.2) is 0 Å². The van der Waals surface area contributed by atoms with Crippen LogP contribution in [0.4, 0.5) is 11.4 Å². The van der Waals surface area contributed by atoms with Crippen LogP contribution in [0, 0.1) is 0 Å². The van der Waals surface area contributed by atoms with Crippen molar-refractivity contribution in [3.8, 4) is 0 Å². The predicted molar refractivity (Wildman–Crippen MR) is 65.5 cm³/mol. The zero-order valence-electron chi connectivity index (χ0n) is 9.72. The highest BCUT2D eigenvalue weighted by molar-refractivity contribution is 5.66. The number of rotatable bonds is 3. The lowest BCUT2D eigenvalue weighted by molar-refractivity contribution is 0.0459. The van der Waals surface area contributed by atoms with Gasteiger partial charge in [-0.15, -0.1) is 0 Å². The highest BCUT2D eigenvalue weighted by atomic mass is 16.5. The standard InChI is InChI=1S/C12H19N3O/c1-2-16-10-4-7-15(8-5-10)12-3-6-14-9-11(12)13/h3,6,9-10H,2,4-5,7-8,13H2,1H3. The Morgan fingerprint density at radius 3 is 2.88 bits per heavy atom. The van der Waals surface area contributed by atoms with E-state index in [0.717, 1.165) is 43.9 Å². The summed E-state index contributed by atoms with van der Waals surface area (Å²) in [5, 5.41) is 0. The molecule has 1 aliphatic heterocycles. The normalized spacial score (nSPS) is 17.7. The van der Waals surface area contributed by atoms with E-state index in [1.807, 2.05) is 13.0 Å². The number of aromatic nitrogens is 1. The molecular formula is C12H19N3O. The molecule has 2 heterocycles. The molecule has 2 N–H and O–H groups in total. The van der Waals surface area contributed by atoms with Crippen LogP contribution in [0.3, 0.4) is 0 Å². The Hall–Kier alpha value is -1.29. The van der Waals surface area contributed by atoms with Gasteiger partial charge in [0.2, 0.25) is 0 Å². The summed E-state index contributed by atoms with van der Waals surface area (Å²) in [4.78, 5) is 6.32. The Kier molecular flexibility index (Phi) is 3.62. The maximum atomic E-state index is 5.91. The maximum absolute atomic E-state index is 5.91. The van der Waals surface area contributed by atoms with Gasteiger partial charge in [0.05, 0.1) is 23.7 Å². The minimum atomic E-state index is 0.421. The SMILES string of the molecule is CCOC1CCN(c2ccncc2N)CC1. The first-order valence-corrected chi connectivity index (χ1v) is 5.87. The number of nitrogen functional groups attached to an aromatic ring is 1. The van der Waals surface area contributed by atoms with Crippen molar-refractivity contribution in [3.63, 3.8) is 0 Å². The zero-order valence-corrected chi connectivity index (χ0v) is 9.72. The van der Waals surface area contributed by atoms with Crippen molar-refractivity contribution >= 4 is 11.4 Å². The quantitative estimate of drug-likeness (QED) is 0.843. The van der Waals surface area contributed by atoms with Crippen molar-refractivity contribution in [1.82, 2.24) is 4.98 Å². The highest BCUT2D eigenvalue weighted by Crippen LogP contribution is 2.25. The second-order valence-corrected chi connectivity index (χ2v) is 4.08. The van der Waals surface area contributed by atoms with Crippen LogP contribution in [0.2, 0.25) is 0 Å². The van der Waals surface area contributed by atoms with Crippen LogP contribution in [0.15, 0.2) is 18.5 Å². The number of nitrogens with zero attached hydrogens (tertiary/aromatic N) is 2. The molecule has 0 saturated carbocycles. The first-order valence-electron chi connectivity index (χ1n) is 5.87. The number of ether oxygens (including phenoxy) is 1. The van der Waals surface area contributed by atoms with E-state index < -0.39 is 0 Å². The van der Waals surface area contributed by atoms with Gasteiger partial charge in [0.1, 0.15) is 0 Å². The van der Waals surface area contributed by atoms with Crippen molar-refractivity contribution in [2.24, 2.45) is 0 Å². The van der Waals surface area contributed by atoms with E-state index in [4.69, 9.17) is 10.5 Å². The Labute approximate surface area is 96.4 Å². The molecule has 4 nitrogen and oxygen atoms in total. The minimum absolute atomic E-state index is 0.421. The molecule has 16 heavy (non-hydrogen) atoms. The summed E-state index contributed by atoms with van der Waals surface area (Å²) in [6, 6.07) is 1.98. The number of hydrogen-bond donors (Lipinski definition) is 1. The van der Waals surface area contributed by atoms with Crippen LogP contribution < -0.4 is 10.6 Å². The summed E-state index contributed by atoms with van der Waals surface area (Å²) in [5.74, 6) is 0. The lowest BCUT2D eigenvalue weighted by Gasteiger charge is -2.33. The maximum Gasteiger partial charge on any atom is 0.0738 e. The Morgan fingerprint density at radius 1 is 1.50 bits per heavy atom. The number of pyridine rings is 1. The third-order valence-electron chi connectivity index (χ3n) is 3.01. The molecule has 0 atom stereocenters. The van der Waals surface area contributed by atoms with Crippen LogP contribution in [0.5, 0.6) is 0 Å². The average molecular weight is 221 g/mol. The van der Waals surface area contributed by atoms with Gasteiger partial charge in [0.25, 0.3) is 0 Å². The molecule has 0 aromatic carbocycles. The second-order valence-electron chi connectivity index (χ2n) is 4.08. The topological polar surface area (TPSA) is 51.4 Å². The molecule has 0 aliphatic carbocycles. The number of nitrogens with two attached hydrogens (primary N) is 1. The molecule has 0 amide bonds. The zero-order chi connectivity index (χ0) is 11.4. The molecule has 0 spiro atoms. The predicted octanol–water partition coefficient (Wildman–Crippen LogP) is 1.67. The van der Waals surface area contributed by atoms with E-state index in [-0.39, 0.29) is 0 Å². The van der Waals surface area contributed by atoms with Crippen LogP contribution in [0.1, 0.15) is 19.8 Å². The summed E-state index contributed by atoms with van der Waals surface area (Å²) < 4.78 is 5.63. The van der Waals surface area contributed by atoms with E-state index in [9.17, 15) is 0 Å². The molecule has 0 unspecified atom stereocenters. The summed E-state index contributed by atoms with van der Waals surface area (Å²) in [6.07, 6.45) is 6.08. The van der Waals surface area contributed by atoms with Gasteiger partial charge in [0.15, 0.2) is 0 Å². The van der Waals surface area contributed by atoms with Crippen molar-refractivity contribution in [1.29, 1.82) is 0 Å². The molecule has 0 radical (unpaired) electrons. The second kappa shape index (κ2) is 5.16. The van der Waals surface area contributed by atoms with Gasteiger partial charge in [0, 0.05) is 25.9 Å². The molecule has 0 bridgehead atoms. The number of piperidine rings is 1. The van der Waals surface area contributed by atoms with Crippen molar-refractivity contribution in [3.05, 3.63) is 18.5 Å². The third kappa shape index (κ3) is 2.44. The fraction of sp³-hybridized carbons (Fsp3) is 0.583. The third-order valence-corrected chi connectivity index (χ3v) is 3.01. The fourth-order valence-electron chi connectivity index (χ4n) is 2.19. The molecule has 4 heteroatoms. The molecule has 1 aliphatic rings. The monoisotopic (exact) mass is 221 g/mol. The van der Waals surface area contributed by atoms with Crippen LogP contribution in [0.25, 0.3) is 0 Å². The van der Waals surface area contributed by atoms with Crippen molar-refractivity contribution in [2.75, 3.05) is 30.3 Å². The lowest BCUT2D eigenvalue weighted by atomic mass is 10.1. The van der Waals surface area contributed by atoms with E-state index in [1.165, 1.54) is 0 Å². The summed E-state index contributed by atoms with van der Waals surface area (Å²) in [7, 11) is 0. The lowest BCUT2D eigenvalue weighted by Crippen LogP contribution is -2.37. The van der Waals surface area contributed by atoms with Gasteiger partial charge in [-0.1, -0.05) is 0 Å². The van der Waals surface area contributed by atoms with E-state index in [2.05, 4.69) is 9.88 Å². The largest absolute Gasteiger partial charge is 0.396 e. The van der Waals surface area contributed by atoms with Crippen LogP contribution in [-0.2, 0) is 4.74 Å². The first kappa shape index (κ1) is 11.2. The molecule has 1 saturated heterocycles. The summed E-state index contributed by atoms with van der Waals surface area (Å²) >= 11 is 0. The van der Waals surface area contributed by atoms with Gasteiger partial charge < -0.3 is 15.4 Å². The van der Waals surface area contributed by atoms with Crippen molar-refractivity contribution < 1.29 is 4.74 Å². The summed E-state index contributed by atoms with van der Waals surface area (Å²) in [6.45, 7) is 4.88. The molecular weight excluding hydrogens is 202 g/mol. The van der Waals surface area contributed by atoms with Crippen LogP contribution >= 0.6 is 0 Å². The highest BCUT2D eigenvalue weighted by Gasteiger charge is 2.20. The Balaban J connectivity index is 1.96. The fourth-order valence-corrected chi connectivity index (χ4v) is 2.19. The van der Waals surface area contributed by atoms with E-state index in [0.29, 0.717) is 6.10 Å². The van der Waals surface area contributed by atoms with Gasteiger partial charge in [-0.3, -0.25) is 4.98 Å². The molecule has 1 fully saturated rings. The molecule has 2 rings (SSSR count). The van der Waals surface area contributed by atoms with Gasteiger partial charge in [-0.05, 0) is 25.8 Å². The first-order chi connectivity index (χ1) is 7.81. The van der Waals surface area contributed by atoms with E-state index >= 15 is 0 Å². The van der Waals surface area contributed by atoms with Crippen LogP contribution in [-0.4, -0.2) is 30.8 Å². The number of hydrogen-bond acceptors (Lipinski definition) is 4. The smallest absolute Gasteiger partial charge is 0.0738 e.